The first-order valence-electron chi connectivity index (χ1n) is 2.30. The molecule has 0 amide bonds. The predicted octanol–water partition coefficient (Wildman–Crippen LogP) is 3.15. The zero-order chi connectivity index (χ0) is 6.62. The van der Waals surface area contributed by atoms with Crippen molar-refractivity contribution in [2.24, 2.45) is 0 Å². The topological polar surface area (TPSA) is 0 Å². The molecule has 0 fully saturated rings. The molecule has 4 heteroatoms. The molecule has 0 bridgehead atoms. The fourth-order valence-electron chi connectivity index (χ4n) is 0.251. The normalized spacial score (nSPS) is 13.0. The van der Waals surface area contributed by atoms with Gasteiger partial charge in [0.05, 0.1) is 0 Å². The number of hydrogen-bond acceptors (Lipinski definition) is 0. The van der Waals surface area contributed by atoms with Crippen molar-refractivity contribution < 1.29 is 0 Å². The molecule has 0 aromatic rings. The molecule has 0 heterocycles. The average molecular weight is 234 g/mol. The van der Waals surface area contributed by atoms with E-state index in [1.54, 1.807) is 4.91 Å². The molecule has 0 unspecified atom stereocenters. The van der Waals surface area contributed by atoms with Gasteiger partial charge in [0.15, 0.2) is 0 Å². The van der Waals surface area contributed by atoms with Crippen LogP contribution < -0.4 is 0 Å². The van der Waals surface area contributed by atoms with Gasteiger partial charge in [-0.2, -0.15) is 0 Å². The van der Waals surface area contributed by atoms with Gasteiger partial charge in [0.1, 0.15) is 0 Å². The molecule has 0 nitrogen and oxygen atoms in total. The Morgan fingerprint density at radius 2 is 1.88 bits per heavy atom. The van der Waals surface area contributed by atoms with Gasteiger partial charge in [0.2, 0.25) is 0 Å². The van der Waals surface area contributed by atoms with E-state index in [0.29, 0.717) is 0 Å². The Morgan fingerprint density at radius 3 is 2.00 bits per heavy atom. The SMILES string of the molecule is CCC=[CH][Ge]([Cl])([Cl])[Cl]. The van der Waals surface area contributed by atoms with Crippen LogP contribution in [-0.2, 0) is 0 Å². The molecule has 0 aliphatic rings. The van der Waals surface area contributed by atoms with Gasteiger partial charge in [-0.15, -0.1) is 0 Å². The molecule has 0 saturated carbocycles. The molecule has 8 heavy (non-hydrogen) atoms. The van der Waals surface area contributed by atoms with Gasteiger partial charge >= 0.3 is 64.8 Å². The molecule has 0 N–H and O–H groups in total. The van der Waals surface area contributed by atoms with Crippen LogP contribution in [-0.4, -0.2) is 10.5 Å². The van der Waals surface area contributed by atoms with E-state index in [4.69, 9.17) is 30.0 Å². The Bertz CT molecular complexity index is 83.8. The molecule has 0 rings (SSSR count). The van der Waals surface area contributed by atoms with Crippen LogP contribution in [0, 0.1) is 0 Å². The van der Waals surface area contributed by atoms with E-state index in [0.717, 1.165) is 6.42 Å². The summed E-state index contributed by atoms with van der Waals surface area (Å²) in [5, 5.41) is 0. The van der Waals surface area contributed by atoms with E-state index in [1.165, 1.54) is 0 Å². The number of allylic oxidation sites excluding steroid dienone is 1. The van der Waals surface area contributed by atoms with Crippen molar-refractivity contribution in [1.82, 2.24) is 0 Å². The van der Waals surface area contributed by atoms with Crippen LogP contribution in [0.2, 0.25) is 0 Å². The molecule has 0 aliphatic heterocycles. The van der Waals surface area contributed by atoms with Gasteiger partial charge in [0.25, 0.3) is 0 Å². The molecule has 0 aromatic carbocycles. The summed E-state index contributed by atoms with van der Waals surface area (Å²) in [5.74, 6) is 0. The van der Waals surface area contributed by atoms with Crippen LogP contribution in [0.4, 0.5) is 0 Å². The fraction of sp³-hybridized carbons (Fsp3) is 0.500. The average Bonchev–Trinajstić information content (AvgIpc) is 1.59. The van der Waals surface area contributed by atoms with Crippen LogP contribution in [0.3, 0.4) is 0 Å². The second-order valence-corrected chi connectivity index (χ2v) is 16.6. The van der Waals surface area contributed by atoms with E-state index in [-0.39, 0.29) is 0 Å². The zero-order valence-electron chi connectivity index (χ0n) is 4.50. The summed E-state index contributed by atoms with van der Waals surface area (Å²) in [6.45, 7) is 2.01. The summed E-state index contributed by atoms with van der Waals surface area (Å²) < 4.78 is 0. The summed E-state index contributed by atoms with van der Waals surface area (Å²) >= 11 is 0. The Hall–Kier alpha value is 1.15. The Morgan fingerprint density at radius 1 is 1.38 bits per heavy atom. The van der Waals surface area contributed by atoms with Crippen LogP contribution in [0.25, 0.3) is 0 Å². The molecule has 0 aromatic heterocycles. The van der Waals surface area contributed by atoms with Crippen molar-refractivity contribution in [3.63, 3.8) is 0 Å². The first-order chi connectivity index (χ1) is 3.56. The van der Waals surface area contributed by atoms with Crippen molar-refractivity contribution in [1.29, 1.82) is 0 Å². The van der Waals surface area contributed by atoms with E-state index in [1.807, 2.05) is 13.0 Å². The minimum absolute atomic E-state index is 0.944. The Labute approximate surface area is 64.7 Å². The molecule has 0 saturated heterocycles. The Kier molecular flexibility index (Phi) is 4.63. The summed E-state index contributed by atoms with van der Waals surface area (Å²) in [7, 11) is 13.8. The van der Waals surface area contributed by atoms with E-state index in [2.05, 4.69) is 0 Å². The van der Waals surface area contributed by atoms with Gasteiger partial charge in [0, 0.05) is 0 Å². The number of hydrogen-bond donors (Lipinski definition) is 0. The monoisotopic (exact) mass is 234 g/mol. The molecule has 48 valence electrons. The second-order valence-electron chi connectivity index (χ2n) is 1.35. The summed E-state index contributed by atoms with van der Waals surface area (Å²) in [4.78, 5) is 1.73. The number of rotatable bonds is 2. The van der Waals surface area contributed by atoms with Crippen molar-refractivity contribution in [3.8, 4) is 0 Å². The molecule has 0 radical (unpaired) electrons. The van der Waals surface area contributed by atoms with Crippen LogP contribution in [0.1, 0.15) is 13.3 Å². The summed E-state index contributed by atoms with van der Waals surface area (Å²) in [6.07, 6.45) is 2.84. The van der Waals surface area contributed by atoms with Crippen molar-refractivity contribution in [2.75, 3.05) is 0 Å². The van der Waals surface area contributed by atoms with Crippen molar-refractivity contribution in [3.05, 3.63) is 11.0 Å². The predicted molar refractivity (Wildman–Crippen MR) is 42.7 cm³/mol. The van der Waals surface area contributed by atoms with Gasteiger partial charge in [-0.05, 0) is 0 Å². The molecule has 0 aliphatic carbocycles. The molecule has 0 spiro atoms. The van der Waals surface area contributed by atoms with Crippen LogP contribution in [0.15, 0.2) is 11.0 Å². The van der Waals surface area contributed by atoms with Gasteiger partial charge in [-0.3, -0.25) is 0 Å². The third-order valence-electron chi connectivity index (χ3n) is 0.543. The van der Waals surface area contributed by atoms with Gasteiger partial charge in [-0.1, -0.05) is 0 Å². The third kappa shape index (κ3) is 7.15. The third-order valence-corrected chi connectivity index (χ3v) is 3.79. The van der Waals surface area contributed by atoms with Gasteiger partial charge in [-0.25, -0.2) is 0 Å². The van der Waals surface area contributed by atoms with Crippen LogP contribution >= 0.6 is 30.0 Å². The van der Waals surface area contributed by atoms with E-state index >= 15 is 0 Å². The molecular weight excluding hydrogens is 227 g/mol. The second kappa shape index (κ2) is 4.05. The van der Waals surface area contributed by atoms with E-state index < -0.39 is 10.5 Å². The first-order valence-corrected chi connectivity index (χ1v) is 11.8. The minimum atomic E-state index is -2.87. The Balaban J connectivity index is 3.52. The number of halogens is 3. The van der Waals surface area contributed by atoms with Crippen molar-refractivity contribution >= 4 is 40.5 Å². The first kappa shape index (κ1) is 9.15. The van der Waals surface area contributed by atoms with Crippen molar-refractivity contribution in [2.45, 2.75) is 13.3 Å². The van der Waals surface area contributed by atoms with E-state index in [9.17, 15) is 0 Å². The molecular formula is C4H7Cl3Ge. The zero-order valence-corrected chi connectivity index (χ0v) is 8.86. The summed E-state index contributed by atoms with van der Waals surface area (Å²) in [6, 6.07) is 0. The standard InChI is InChI=1S/C4H7Cl3Ge/c1-2-3-4-8(5,6)7/h3-4H,2H2,1H3. The quantitative estimate of drug-likeness (QED) is 0.644. The summed E-state index contributed by atoms with van der Waals surface area (Å²) in [5.41, 5.74) is 0. The van der Waals surface area contributed by atoms with Crippen LogP contribution in [0.5, 0.6) is 0 Å². The fourth-order valence-corrected chi connectivity index (χ4v) is 2.70. The molecule has 0 atom stereocenters. The maximum atomic E-state index is 5.54. The maximum absolute atomic E-state index is 5.54. The van der Waals surface area contributed by atoms with Gasteiger partial charge < -0.3 is 0 Å².